The van der Waals surface area contributed by atoms with Gasteiger partial charge in [0.05, 0.1) is 28.7 Å². The van der Waals surface area contributed by atoms with Crippen LogP contribution >= 0.6 is 0 Å². The highest BCUT2D eigenvalue weighted by Gasteiger charge is 2.34. The Hall–Kier alpha value is -3.36. The minimum atomic E-state index is -3.85. The van der Waals surface area contributed by atoms with Crippen LogP contribution in [0.5, 0.6) is 0 Å². The summed E-state index contributed by atoms with van der Waals surface area (Å²) in [4.78, 5) is 13.2. The van der Waals surface area contributed by atoms with Crippen molar-refractivity contribution in [3.63, 3.8) is 0 Å². The molecule has 2 N–H and O–H groups in total. The maximum absolute atomic E-state index is 13.9. The Labute approximate surface area is 226 Å². The largest absolute Gasteiger partial charge is 0.460 e. The van der Waals surface area contributed by atoms with Crippen molar-refractivity contribution in [3.05, 3.63) is 90.5 Å². The summed E-state index contributed by atoms with van der Waals surface area (Å²) in [7, 11) is -3.85. The lowest BCUT2D eigenvalue weighted by Crippen LogP contribution is -2.45. The van der Waals surface area contributed by atoms with Crippen molar-refractivity contribution in [1.29, 1.82) is 0 Å². The van der Waals surface area contributed by atoms with Crippen LogP contribution in [0.3, 0.4) is 0 Å². The predicted molar refractivity (Wildman–Crippen MR) is 151 cm³/mol. The molecule has 38 heavy (non-hydrogen) atoms. The van der Waals surface area contributed by atoms with Crippen molar-refractivity contribution in [2.45, 2.75) is 44.2 Å². The van der Waals surface area contributed by atoms with Crippen molar-refractivity contribution < 1.29 is 17.9 Å². The number of anilines is 2. The van der Waals surface area contributed by atoms with Crippen LogP contribution in [0.2, 0.25) is 0 Å². The number of para-hydroxylation sites is 2. The number of carbonyl (C=O) groups is 1. The molecule has 2 atom stereocenters. The molecule has 2 unspecified atom stereocenters. The highest BCUT2D eigenvalue weighted by atomic mass is 32.2. The molecule has 0 spiro atoms. The number of carbonyl (C=O) groups excluding carboxylic acids is 1. The van der Waals surface area contributed by atoms with Crippen molar-refractivity contribution in [2.24, 2.45) is 11.8 Å². The first-order chi connectivity index (χ1) is 18.1. The van der Waals surface area contributed by atoms with Crippen LogP contribution in [0.1, 0.15) is 32.8 Å². The van der Waals surface area contributed by atoms with Gasteiger partial charge in [0.2, 0.25) is 0 Å². The van der Waals surface area contributed by atoms with Crippen LogP contribution in [0.4, 0.5) is 11.4 Å². The number of rotatable bonds is 9. The molecular formula is C30H37N3O4S. The summed E-state index contributed by atoms with van der Waals surface area (Å²) in [6.07, 6.45) is 0.815. The number of piperidine rings is 1. The first kappa shape index (κ1) is 27.7. The van der Waals surface area contributed by atoms with Crippen molar-refractivity contribution in [2.75, 3.05) is 29.3 Å². The molecule has 8 heteroatoms. The van der Waals surface area contributed by atoms with E-state index in [1.807, 2.05) is 75.4 Å². The molecule has 0 aliphatic carbocycles. The minimum absolute atomic E-state index is 0.0486. The molecule has 7 nitrogen and oxygen atoms in total. The third-order valence-electron chi connectivity index (χ3n) is 6.56. The van der Waals surface area contributed by atoms with Gasteiger partial charge in [-0.05, 0) is 69.5 Å². The smallest absolute Gasteiger partial charge is 0.311 e. The first-order valence-corrected chi connectivity index (χ1v) is 14.5. The minimum Gasteiger partial charge on any atom is -0.460 e. The highest BCUT2D eigenvalue weighted by molar-refractivity contribution is 7.92. The molecule has 1 saturated heterocycles. The van der Waals surface area contributed by atoms with Gasteiger partial charge in [-0.2, -0.15) is 0 Å². The average Bonchev–Trinajstić information content (AvgIpc) is 2.91. The third kappa shape index (κ3) is 6.94. The number of sulfonamides is 1. The zero-order chi connectivity index (χ0) is 27.2. The second kappa shape index (κ2) is 12.0. The van der Waals surface area contributed by atoms with E-state index in [0.29, 0.717) is 24.5 Å². The van der Waals surface area contributed by atoms with Gasteiger partial charge in [0.25, 0.3) is 10.0 Å². The topological polar surface area (TPSA) is 87.7 Å². The molecular weight excluding hydrogens is 498 g/mol. The second-order valence-electron chi connectivity index (χ2n) is 10.6. The fourth-order valence-electron chi connectivity index (χ4n) is 4.66. The van der Waals surface area contributed by atoms with Gasteiger partial charge < -0.3 is 15.4 Å². The summed E-state index contributed by atoms with van der Waals surface area (Å²) in [6, 6.07) is 25.5. The van der Waals surface area contributed by atoms with Gasteiger partial charge in [-0.3, -0.25) is 9.10 Å². The van der Waals surface area contributed by atoms with Crippen LogP contribution in [-0.4, -0.2) is 39.6 Å². The molecule has 0 aromatic heterocycles. The third-order valence-corrected chi connectivity index (χ3v) is 8.34. The van der Waals surface area contributed by atoms with Gasteiger partial charge in [-0.1, -0.05) is 60.7 Å². The van der Waals surface area contributed by atoms with E-state index in [9.17, 15) is 13.2 Å². The van der Waals surface area contributed by atoms with E-state index in [4.69, 9.17) is 4.74 Å². The molecule has 3 aromatic carbocycles. The zero-order valence-electron chi connectivity index (χ0n) is 22.3. The van der Waals surface area contributed by atoms with Gasteiger partial charge >= 0.3 is 5.97 Å². The van der Waals surface area contributed by atoms with Gasteiger partial charge in [0.15, 0.2) is 0 Å². The Kier molecular flexibility index (Phi) is 8.74. The van der Waals surface area contributed by atoms with E-state index in [-0.39, 0.29) is 29.2 Å². The Balaban J connectivity index is 1.63. The van der Waals surface area contributed by atoms with Crippen LogP contribution in [-0.2, 0) is 26.1 Å². The van der Waals surface area contributed by atoms with Crippen molar-refractivity contribution >= 4 is 27.4 Å². The van der Waals surface area contributed by atoms with Gasteiger partial charge in [-0.15, -0.1) is 0 Å². The summed E-state index contributed by atoms with van der Waals surface area (Å²) in [5.74, 6) is -0.439. The Morgan fingerprint density at radius 3 is 2.29 bits per heavy atom. The van der Waals surface area contributed by atoms with Gasteiger partial charge in [0.1, 0.15) is 5.60 Å². The van der Waals surface area contributed by atoms with E-state index in [1.165, 1.54) is 4.31 Å². The summed E-state index contributed by atoms with van der Waals surface area (Å²) < 4.78 is 34.9. The Morgan fingerprint density at radius 2 is 1.61 bits per heavy atom. The fraction of sp³-hybridized carbons (Fsp3) is 0.367. The molecule has 202 valence electrons. The number of hydrogen-bond donors (Lipinski definition) is 2. The normalized spacial score (nSPS) is 18.0. The lowest BCUT2D eigenvalue weighted by molar-refractivity contribution is -0.162. The molecule has 0 saturated carbocycles. The van der Waals surface area contributed by atoms with Crippen LogP contribution in [0, 0.1) is 11.8 Å². The predicted octanol–water partition coefficient (Wildman–Crippen LogP) is 5.06. The molecule has 0 radical (unpaired) electrons. The lowest BCUT2D eigenvalue weighted by Gasteiger charge is -2.33. The molecule has 0 bridgehead atoms. The van der Waals surface area contributed by atoms with E-state index in [2.05, 4.69) is 10.6 Å². The lowest BCUT2D eigenvalue weighted by atomic mass is 9.86. The summed E-state index contributed by atoms with van der Waals surface area (Å²) in [6.45, 7) is 7.70. The molecule has 0 amide bonds. The number of ether oxygens (including phenoxy) is 1. The second-order valence-corrected chi connectivity index (χ2v) is 12.5. The molecule has 1 aliphatic heterocycles. The summed E-state index contributed by atoms with van der Waals surface area (Å²) in [5.41, 5.74) is 1.58. The van der Waals surface area contributed by atoms with E-state index in [1.54, 1.807) is 30.3 Å². The number of nitrogens with one attached hydrogen (secondary N) is 2. The number of hydrogen-bond acceptors (Lipinski definition) is 6. The number of benzene rings is 3. The zero-order valence-corrected chi connectivity index (χ0v) is 23.1. The fourth-order valence-corrected chi connectivity index (χ4v) is 6.15. The quantitative estimate of drug-likeness (QED) is 0.373. The summed E-state index contributed by atoms with van der Waals surface area (Å²) >= 11 is 0. The SMILES string of the molecule is CC(C)(C)OC(=O)C1CNCCC1CNc1ccccc1N(Cc1ccccc1)S(=O)(=O)c1ccccc1. The van der Waals surface area contributed by atoms with E-state index >= 15 is 0 Å². The van der Waals surface area contributed by atoms with E-state index in [0.717, 1.165) is 18.5 Å². The van der Waals surface area contributed by atoms with Crippen molar-refractivity contribution in [3.8, 4) is 0 Å². The number of nitrogens with zero attached hydrogens (tertiary/aromatic N) is 1. The highest BCUT2D eigenvalue weighted by Crippen LogP contribution is 2.33. The maximum Gasteiger partial charge on any atom is 0.311 e. The molecule has 1 aliphatic rings. The van der Waals surface area contributed by atoms with Crippen LogP contribution in [0.15, 0.2) is 89.8 Å². The van der Waals surface area contributed by atoms with Crippen LogP contribution in [0.25, 0.3) is 0 Å². The molecule has 4 rings (SSSR count). The van der Waals surface area contributed by atoms with Gasteiger partial charge in [-0.25, -0.2) is 8.42 Å². The van der Waals surface area contributed by atoms with Crippen LogP contribution < -0.4 is 14.9 Å². The standard InChI is InChI=1S/C30H37N3O4S/c1-30(2,3)37-29(34)26-21-31-19-18-24(26)20-32-27-16-10-11-17-28(27)33(22-23-12-6-4-7-13-23)38(35,36)25-14-8-5-9-15-25/h4-17,24,26,31-32H,18-22H2,1-3H3. The molecule has 1 heterocycles. The first-order valence-electron chi connectivity index (χ1n) is 13.0. The Bertz CT molecular complexity index is 1310. The van der Waals surface area contributed by atoms with Crippen molar-refractivity contribution in [1.82, 2.24) is 5.32 Å². The maximum atomic E-state index is 13.9. The monoisotopic (exact) mass is 535 g/mol. The number of esters is 1. The Morgan fingerprint density at radius 1 is 0.974 bits per heavy atom. The molecule has 3 aromatic rings. The van der Waals surface area contributed by atoms with Gasteiger partial charge in [0, 0.05) is 13.1 Å². The summed E-state index contributed by atoms with van der Waals surface area (Å²) in [5, 5.41) is 6.79. The average molecular weight is 536 g/mol. The molecule has 1 fully saturated rings. The van der Waals surface area contributed by atoms with E-state index < -0.39 is 15.6 Å².